The average molecular weight is 376 g/mol. The fraction of sp³-hybridized carbons (Fsp3) is 0.474. The lowest BCUT2D eigenvalue weighted by Crippen LogP contribution is -2.46. The molecule has 0 radical (unpaired) electrons. The normalized spacial score (nSPS) is 14.8. The van der Waals surface area contributed by atoms with Crippen molar-refractivity contribution in [1.82, 2.24) is 10.2 Å². The zero-order valence-corrected chi connectivity index (χ0v) is 15.5. The van der Waals surface area contributed by atoms with Crippen LogP contribution in [0.15, 0.2) is 30.3 Å². The Morgan fingerprint density at radius 2 is 1.85 bits per heavy atom. The van der Waals surface area contributed by atoms with Crippen molar-refractivity contribution in [1.29, 1.82) is 0 Å². The number of rotatable bonds is 7. The maximum absolute atomic E-state index is 12.2. The number of nitrogens with zero attached hydrogens (tertiary/aromatic N) is 1. The molecule has 1 atom stereocenters. The Bertz CT molecular complexity index is 689. The highest BCUT2D eigenvalue weighted by molar-refractivity contribution is 5.97. The van der Waals surface area contributed by atoms with Crippen molar-refractivity contribution in [3.8, 4) is 0 Å². The van der Waals surface area contributed by atoms with E-state index >= 15 is 0 Å². The van der Waals surface area contributed by atoms with E-state index < -0.39 is 30.6 Å². The van der Waals surface area contributed by atoms with Gasteiger partial charge >= 0.3 is 12.1 Å². The molecule has 1 aliphatic rings. The van der Waals surface area contributed by atoms with Crippen molar-refractivity contribution >= 4 is 23.9 Å². The largest absolute Gasteiger partial charge is 0.454 e. The lowest BCUT2D eigenvalue weighted by molar-refractivity contribution is -0.156. The summed E-state index contributed by atoms with van der Waals surface area (Å²) in [4.78, 5) is 48.8. The monoisotopic (exact) mass is 376 g/mol. The highest BCUT2D eigenvalue weighted by atomic mass is 16.6. The number of amides is 3. The molecule has 0 saturated carbocycles. The number of hydrogen-bond donors (Lipinski definition) is 1. The summed E-state index contributed by atoms with van der Waals surface area (Å²) in [5.41, 5.74) is 0.817. The Kier molecular flexibility index (Phi) is 7.34. The zero-order chi connectivity index (χ0) is 19.8. The van der Waals surface area contributed by atoms with E-state index in [-0.39, 0.29) is 18.4 Å². The molecule has 1 aromatic carbocycles. The number of esters is 1. The standard InChI is InChI=1S/C19H24N2O6/c1-13(2)17(20-19(25)27-11-14-7-4-3-5-8-14)18(24)26-12-16(23)21-10-6-9-15(21)22/h3-5,7-8,13,17H,6,9-12H2,1-2H3,(H,20,25)/t17-/m0/s1. The number of likely N-dealkylation sites (tertiary alicyclic amines) is 1. The van der Waals surface area contributed by atoms with Gasteiger partial charge in [-0.05, 0) is 17.9 Å². The van der Waals surface area contributed by atoms with Gasteiger partial charge in [0.25, 0.3) is 5.91 Å². The predicted octanol–water partition coefficient (Wildman–Crippen LogP) is 1.63. The van der Waals surface area contributed by atoms with E-state index in [1.807, 2.05) is 30.3 Å². The molecular formula is C19H24N2O6. The summed E-state index contributed by atoms with van der Waals surface area (Å²) in [7, 11) is 0. The number of carbonyl (C=O) groups excluding carboxylic acids is 4. The molecule has 0 aromatic heterocycles. The molecule has 1 aliphatic heterocycles. The van der Waals surface area contributed by atoms with Crippen LogP contribution in [0, 0.1) is 5.92 Å². The van der Waals surface area contributed by atoms with Crippen molar-refractivity contribution in [3.63, 3.8) is 0 Å². The molecule has 1 heterocycles. The minimum atomic E-state index is -0.963. The molecular weight excluding hydrogens is 352 g/mol. The van der Waals surface area contributed by atoms with E-state index in [0.29, 0.717) is 19.4 Å². The molecule has 0 spiro atoms. The highest BCUT2D eigenvalue weighted by Crippen LogP contribution is 2.11. The third-order valence-corrected chi connectivity index (χ3v) is 4.12. The molecule has 2 rings (SSSR count). The topological polar surface area (TPSA) is 102 Å². The maximum Gasteiger partial charge on any atom is 0.408 e. The smallest absolute Gasteiger partial charge is 0.408 e. The summed E-state index contributed by atoms with van der Waals surface area (Å²) >= 11 is 0. The van der Waals surface area contributed by atoms with Gasteiger partial charge in [-0.1, -0.05) is 44.2 Å². The quantitative estimate of drug-likeness (QED) is 0.726. The van der Waals surface area contributed by atoms with Gasteiger partial charge in [-0.2, -0.15) is 0 Å². The van der Waals surface area contributed by atoms with Crippen LogP contribution < -0.4 is 5.32 Å². The molecule has 0 unspecified atom stereocenters. The first-order chi connectivity index (χ1) is 12.9. The molecule has 1 N–H and O–H groups in total. The summed E-state index contributed by atoms with van der Waals surface area (Å²) < 4.78 is 10.1. The molecule has 1 aromatic rings. The van der Waals surface area contributed by atoms with Gasteiger partial charge in [-0.25, -0.2) is 9.59 Å². The second-order valence-corrected chi connectivity index (χ2v) is 6.58. The van der Waals surface area contributed by atoms with Gasteiger partial charge in [0.05, 0.1) is 0 Å². The van der Waals surface area contributed by atoms with Crippen molar-refractivity contribution in [2.24, 2.45) is 5.92 Å². The average Bonchev–Trinajstić information content (AvgIpc) is 3.09. The van der Waals surface area contributed by atoms with Gasteiger partial charge in [0, 0.05) is 13.0 Å². The Morgan fingerprint density at radius 1 is 1.15 bits per heavy atom. The number of alkyl carbamates (subject to hydrolysis) is 1. The summed E-state index contributed by atoms with van der Waals surface area (Å²) in [6.07, 6.45) is 0.181. The van der Waals surface area contributed by atoms with Gasteiger partial charge in [0.2, 0.25) is 5.91 Å². The molecule has 146 valence electrons. The maximum atomic E-state index is 12.2. The third-order valence-electron chi connectivity index (χ3n) is 4.12. The van der Waals surface area contributed by atoms with Crippen LogP contribution in [-0.2, 0) is 30.5 Å². The zero-order valence-electron chi connectivity index (χ0n) is 15.5. The van der Waals surface area contributed by atoms with Crippen LogP contribution in [0.5, 0.6) is 0 Å². The Hall–Kier alpha value is -2.90. The van der Waals surface area contributed by atoms with Gasteiger partial charge in [-0.3, -0.25) is 14.5 Å². The van der Waals surface area contributed by atoms with Crippen LogP contribution in [0.4, 0.5) is 4.79 Å². The van der Waals surface area contributed by atoms with Gasteiger partial charge in [0.1, 0.15) is 12.6 Å². The second-order valence-electron chi connectivity index (χ2n) is 6.58. The SMILES string of the molecule is CC(C)[C@H](NC(=O)OCc1ccccc1)C(=O)OCC(=O)N1CCCC1=O. The van der Waals surface area contributed by atoms with E-state index in [0.717, 1.165) is 10.5 Å². The van der Waals surface area contributed by atoms with Crippen LogP contribution >= 0.6 is 0 Å². The van der Waals surface area contributed by atoms with Crippen LogP contribution in [0.25, 0.3) is 0 Å². The van der Waals surface area contributed by atoms with Gasteiger partial charge in [-0.15, -0.1) is 0 Å². The van der Waals surface area contributed by atoms with Crippen molar-refractivity contribution in [3.05, 3.63) is 35.9 Å². The number of ether oxygens (including phenoxy) is 2. The van der Waals surface area contributed by atoms with Crippen LogP contribution in [0.1, 0.15) is 32.3 Å². The number of benzene rings is 1. The Labute approximate surface area is 157 Å². The predicted molar refractivity (Wildman–Crippen MR) is 95.3 cm³/mol. The summed E-state index contributed by atoms with van der Waals surface area (Å²) in [5, 5.41) is 2.46. The minimum Gasteiger partial charge on any atom is -0.454 e. The lowest BCUT2D eigenvalue weighted by atomic mass is 10.1. The molecule has 1 fully saturated rings. The molecule has 3 amide bonds. The third kappa shape index (κ3) is 6.09. The fourth-order valence-electron chi connectivity index (χ4n) is 2.60. The summed E-state index contributed by atoms with van der Waals surface area (Å²) in [6, 6.07) is 8.17. The molecule has 0 bridgehead atoms. The molecule has 27 heavy (non-hydrogen) atoms. The number of hydrogen-bond acceptors (Lipinski definition) is 6. The fourth-order valence-corrected chi connectivity index (χ4v) is 2.60. The summed E-state index contributed by atoms with van der Waals surface area (Å²) in [6.45, 7) is 3.34. The molecule has 8 heteroatoms. The van der Waals surface area contributed by atoms with Crippen molar-refractivity contribution in [2.45, 2.75) is 39.3 Å². The highest BCUT2D eigenvalue weighted by Gasteiger charge is 2.30. The molecule has 1 saturated heterocycles. The molecule has 8 nitrogen and oxygen atoms in total. The van der Waals surface area contributed by atoms with Crippen molar-refractivity contribution < 1.29 is 28.7 Å². The lowest BCUT2D eigenvalue weighted by Gasteiger charge is -2.21. The van der Waals surface area contributed by atoms with Gasteiger partial charge in [0.15, 0.2) is 6.61 Å². The molecule has 0 aliphatic carbocycles. The number of imide groups is 1. The van der Waals surface area contributed by atoms with E-state index in [9.17, 15) is 19.2 Å². The second kappa shape index (κ2) is 9.70. The van der Waals surface area contributed by atoms with Gasteiger partial charge < -0.3 is 14.8 Å². The Morgan fingerprint density at radius 3 is 2.44 bits per heavy atom. The number of carbonyl (C=O) groups is 4. The summed E-state index contributed by atoms with van der Waals surface area (Å²) in [5.74, 6) is -1.84. The van der Waals surface area contributed by atoms with E-state index in [1.165, 1.54) is 0 Å². The number of nitrogens with one attached hydrogen (secondary N) is 1. The van der Waals surface area contributed by atoms with E-state index in [1.54, 1.807) is 13.8 Å². The Balaban J connectivity index is 1.82. The van der Waals surface area contributed by atoms with Crippen LogP contribution in [-0.4, -0.2) is 48.0 Å². The first kappa shape index (κ1) is 20.4. The van der Waals surface area contributed by atoms with E-state index in [4.69, 9.17) is 9.47 Å². The minimum absolute atomic E-state index is 0.0715. The van der Waals surface area contributed by atoms with Crippen LogP contribution in [0.3, 0.4) is 0 Å². The first-order valence-electron chi connectivity index (χ1n) is 8.85. The van der Waals surface area contributed by atoms with Crippen molar-refractivity contribution in [2.75, 3.05) is 13.2 Å². The van der Waals surface area contributed by atoms with Crippen LogP contribution in [0.2, 0.25) is 0 Å². The first-order valence-corrected chi connectivity index (χ1v) is 8.85. The van der Waals surface area contributed by atoms with E-state index in [2.05, 4.69) is 5.32 Å².